The van der Waals surface area contributed by atoms with E-state index in [2.05, 4.69) is 4.98 Å². The van der Waals surface area contributed by atoms with E-state index in [-0.39, 0.29) is 6.10 Å². The van der Waals surface area contributed by atoms with Crippen LogP contribution in [0.25, 0.3) is 0 Å². The smallest absolute Gasteiger partial charge is 0.237 e. The van der Waals surface area contributed by atoms with Crippen molar-refractivity contribution in [2.24, 2.45) is 0 Å². The molecule has 1 atom stereocenters. The lowest BCUT2D eigenvalue weighted by Crippen LogP contribution is -2.19. The third kappa shape index (κ3) is 2.88. The van der Waals surface area contributed by atoms with E-state index in [0.717, 1.165) is 5.69 Å². The number of hydrogen-bond donors (Lipinski definition) is 1. The lowest BCUT2D eigenvalue weighted by atomic mass is 10.3. The van der Waals surface area contributed by atoms with Crippen LogP contribution in [0.3, 0.4) is 0 Å². The van der Waals surface area contributed by atoms with Gasteiger partial charge in [-0.3, -0.25) is 0 Å². The summed E-state index contributed by atoms with van der Waals surface area (Å²) in [6, 6.07) is 3.64. The van der Waals surface area contributed by atoms with Crippen LogP contribution in [-0.2, 0) is 4.74 Å². The van der Waals surface area contributed by atoms with Crippen LogP contribution >= 0.6 is 0 Å². The third-order valence-corrected chi connectivity index (χ3v) is 1.74. The number of hydrogen-bond acceptors (Lipinski definition) is 4. The number of rotatable bonds is 4. The Morgan fingerprint density at radius 1 is 1.50 bits per heavy atom. The molecule has 1 heterocycles. The molecule has 1 rings (SSSR count). The Morgan fingerprint density at radius 3 is 2.86 bits per heavy atom. The number of aromatic nitrogens is 1. The van der Waals surface area contributed by atoms with Gasteiger partial charge < -0.3 is 15.2 Å². The number of aryl methyl sites for hydroxylation is 1. The molecule has 1 aromatic rings. The van der Waals surface area contributed by atoms with Gasteiger partial charge in [0.2, 0.25) is 5.88 Å². The van der Waals surface area contributed by atoms with Gasteiger partial charge in [0.15, 0.2) is 0 Å². The SMILES string of the molecule is COC[C@H](C)Oc1nc(C)ccc1N. The van der Waals surface area contributed by atoms with Crippen molar-refractivity contribution in [2.45, 2.75) is 20.0 Å². The van der Waals surface area contributed by atoms with Gasteiger partial charge in [-0.15, -0.1) is 0 Å². The van der Waals surface area contributed by atoms with Crippen LogP contribution in [0.1, 0.15) is 12.6 Å². The average Bonchev–Trinajstić information content (AvgIpc) is 2.12. The number of ether oxygens (including phenoxy) is 2. The fraction of sp³-hybridized carbons (Fsp3) is 0.500. The van der Waals surface area contributed by atoms with Gasteiger partial charge in [-0.25, -0.2) is 4.98 Å². The molecule has 4 nitrogen and oxygen atoms in total. The van der Waals surface area contributed by atoms with Gasteiger partial charge in [-0.1, -0.05) is 0 Å². The Kier molecular flexibility index (Phi) is 3.71. The molecule has 0 aliphatic carbocycles. The highest BCUT2D eigenvalue weighted by Gasteiger charge is 2.07. The molecule has 0 saturated heterocycles. The fourth-order valence-electron chi connectivity index (χ4n) is 1.10. The molecule has 1 aromatic heterocycles. The van der Waals surface area contributed by atoms with E-state index in [9.17, 15) is 0 Å². The highest BCUT2D eigenvalue weighted by atomic mass is 16.5. The molecule has 0 spiro atoms. The molecule has 0 aliphatic rings. The summed E-state index contributed by atoms with van der Waals surface area (Å²) in [5.41, 5.74) is 7.15. The molecule has 0 bridgehead atoms. The Balaban J connectivity index is 2.70. The molecule has 4 heteroatoms. The van der Waals surface area contributed by atoms with Gasteiger partial charge in [-0.2, -0.15) is 0 Å². The molecule has 0 aromatic carbocycles. The van der Waals surface area contributed by atoms with Crippen LogP contribution in [0.15, 0.2) is 12.1 Å². The van der Waals surface area contributed by atoms with Crippen molar-refractivity contribution in [2.75, 3.05) is 19.5 Å². The van der Waals surface area contributed by atoms with Crippen molar-refractivity contribution in [1.82, 2.24) is 4.98 Å². The first-order valence-electron chi connectivity index (χ1n) is 4.52. The predicted octanol–water partition coefficient (Wildman–Crippen LogP) is 1.39. The second-order valence-corrected chi connectivity index (χ2v) is 3.23. The van der Waals surface area contributed by atoms with Gasteiger partial charge in [-0.05, 0) is 26.0 Å². The Bertz CT molecular complexity index is 302. The molecule has 78 valence electrons. The van der Waals surface area contributed by atoms with E-state index in [1.807, 2.05) is 19.9 Å². The molecule has 0 aliphatic heterocycles. The normalized spacial score (nSPS) is 12.5. The maximum Gasteiger partial charge on any atom is 0.237 e. The van der Waals surface area contributed by atoms with E-state index in [4.69, 9.17) is 15.2 Å². The minimum absolute atomic E-state index is 0.0448. The molecule has 0 radical (unpaired) electrons. The molecule has 0 amide bonds. The Hall–Kier alpha value is -1.29. The maximum atomic E-state index is 5.71. The summed E-state index contributed by atoms with van der Waals surface area (Å²) in [5, 5.41) is 0. The molecular weight excluding hydrogens is 180 g/mol. The number of pyridine rings is 1. The fourth-order valence-corrected chi connectivity index (χ4v) is 1.10. The molecule has 2 N–H and O–H groups in total. The summed E-state index contributed by atoms with van der Waals surface area (Å²) in [4.78, 5) is 4.19. The Labute approximate surface area is 84.0 Å². The lowest BCUT2D eigenvalue weighted by Gasteiger charge is -2.14. The molecular formula is C10H16N2O2. The monoisotopic (exact) mass is 196 g/mol. The zero-order valence-corrected chi connectivity index (χ0v) is 8.78. The first-order valence-corrected chi connectivity index (χ1v) is 4.52. The van der Waals surface area contributed by atoms with Crippen molar-refractivity contribution in [1.29, 1.82) is 0 Å². The van der Waals surface area contributed by atoms with Crippen molar-refractivity contribution in [3.63, 3.8) is 0 Å². The molecule has 0 fully saturated rings. The number of methoxy groups -OCH3 is 1. The van der Waals surface area contributed by atoms with E-state index in [0.29, 0.717) is 18.2 Å². The van der Waals surface area contributed by atoms with E-state index < -0.39 is 0 Å². The summed E-state index contributed by atoms with van der Waals surface area (Å²) >= 11 is 0. The predicted molar refractivity (Wildman–Crippen MR) is 55.4 cm³/mol. The molecule has 14 heavy (non-hydrogen) atoms. The number of nitrogen functional groups attached to an aromatic ring is 1. The van der Waals surface area contributed by atoms with Crippen LogP contribution < -0.4 is 10.5 Å². The van der Waals surface area contributed by atoms with Gasteiger partial charge in [0.1, 0.15) is 6.10 Å². The number of anilines is 1. The Morgan fingerprint density at radius 2 is 2.21 bits per heavy atom. The zero-order chi connectivity index (χ0) is 10.6. The summed E-state index contributed by atoms with van der Waals surface area (Å²) in [6.07, 6.45) is -0.0448. The third-order valence-electron chi connectivity index (χ3n) is 1.74. The highest BCUT2D eigenvalue weighted by molar-refractivity contribution is 5.48. The van der Waals surface area contributed by atoms with E-state index >= 15 is 0 Å². The van der Waals surface area contributed by atoms with Crippen LogP contribution in [-0.4, -0.2) is 24.8 Å². The van der Waals surface area contributed by atoms with Gasteiger partial charge in [0.25, 0.3) is 0 Å². The minimum Gasteiger partial charge on any atom is -0.471 e. The summed E-state index contributed by atoms with van der Waals surface area (Å²) in [7, 11) is 1.63. The van der Waals surface area contributed by atoms with Crippen LogP contribution in [0.2, 0.25) is 0 Å². The second kappa shape index (κ2) is 4.81. The van der Waals surface area contributed by atoms with Crippen molar-refractivity contribution >= 4 is 5.69 Å². The first-order chi connectivity index (χ1) is 6.63. The van der Waals surface area contributed by atoms with Crippen LogP contribution in [0, 0.1) is 6.92 Å². The van der Waals surface area contributed by atoms with Crippen molar-refractivity contribution < 1.29 is 9.47 Å². The number of nitrogens with two attached hydrogens (primary N) is 1. The van der Waals surface area contributed by atoms with Crippen molar-refractivity contribution in [3.05, 3.63) is 17.8 Å². The summed E-state index contributed by atoms with van der Waals surface area (Å²) in [6.45, 7) is 4.33. The number of nitrogens with zero attached hydrogens (tertiary/aromatic N) is 1. The minimum atomic E-state index is -0.0448. The topological polar surface area (TPSA) is 57.4 Å². The first kappa shape index (κ1) is 10.8. The largest absolute Gasteiger partial charge is 0.471 e. The van der Waals surface area contributed by atoms with Gasteiger partial charge in [0, 0.05) is 12.8 Å². The summed E-state index contributed by atoms with van der Waals surface area (Å²) in [5.74, 6) is 0.481. The van der Waals surface area contributed by atoms with E-state index in [1.54, 1.807) is 13.2 Å². The standard InChI is InChI=1S/C10H16N2O2/c1-7-4-5-9(11)10(12-7)14-8(2)6-13-3/h4-5,8H,6,11H2,1-3H3/t8-/m0/s1. The quantitative estimate of drug-likeness (QED) is 0.790. The van der Waals surface area contributed by atoms with Crippen LogP contribution in [0.5, 0.6) is 5.88 Å². The van der Waals surface area contributed by atoms with Gasteiger partial charge >= 0.3 is 0 Å². The zero-order valence-electron chi connectivity index (χ0n) is 8.78. The molecule has 0 unspecified atom stereocenters. The second-order valence-electron chi connectivity index (χ2n) is 3.23. The average molecular weight is 196 g/mol. The van der Waals surface area contributed by atoms with Gasteiger partial charge in [0.05, 0.1) is 12.3 Å². The maximum absolute atomic E-state index is 5.71. The van der Waals surface area contributed by atoms with Crippen LogP contribution in [0.4, 0.5) is 5.69 Å². The summed E-state index contributed by atoms with van der Waals surface area (Å²) < 4.78 is 10.5. The van der Waals surface area contributed by atoms with Crippen molar-refractivity contribution in [3.8, 4) is 5.88 Å². The highest BCUT2D eigenvalue weighted by Crippen LogP contribution is 2.19. The van der Waals surface area contributed by atoms with E-state index in [1.165, 1.54) is 0 Å². The molecule has 0 saturated carbocycles. The lowest BCUT2D eigenvalue weighted by molar-refractivity contribution is 0.0894.